The Morgan fingerprint density at radius 2 is 0.949 bits per heavy atom. The molecule has 538 valence electrons. The van der Waals surface area contributed by atoms with E-state index in [4.69, 9.17) is 17.2 Å². The molecule has 27 heteroatoms. The van der Waals surface area contributed by atoms with E-state index >= 15 is 0 Å². The minimum Gasteiger partial charge on any atom is -0.508 e. The number of hydrogen-bond donors (Lipinski definition) is 13. The number of phenolic OH excluding ortho intramolecular Hbond substituents is 1. The van der Waals surface area contributed by atoms with Gasteiger partial charge in [0.2, 0.25) is 70.1 Å². The van der Waals surface area contributed by atoms with Crippen LogP contribution in [0, 0.1) is 17.8 Å². The average Bonchev–Trinajstić information content (AvgIpc) is 1.78. The summed E-state index contributed by atoms with van der Waals surface area (Å²) in [5, 5.41) is 34.6. The van der Waals surface area contributed by atoms with Gasteiger partial charge in [0.15, 0.2) is 0 Å². The Kier molecular flexibility index (Phi) is 33.5. The Morgan fingerprint density at radius 3 is 1.44 bits per heavy atom. The van der Waals surface area contributed by atoms with Crippen LogP contribution in [-0.4, -0.2) is 166 Å². The Labute approximate surface area is 584 Å². The van der Waals surface area contributed by atoms with Crippen LogP contribution in [0.25, 0.3) is 0 Å². The molecular formula is C72H101N13O13S. The minimum atomic E-state index is -1.59. The summed E-state index contributed by atoms with van der Waals surface area (Å²) in [6.45, 7) is 12.6. The number of thioether (sulfide) groups is 1. The zero-order valence-electron chi connectivity index (χ0n) is 57.7. The number of nitrogens with zero attached hydrogens (tertiary/aromatic N) is 1. The number of primary amides is 1. The van der Waals surface area contributed by atoms with Crippen LogP contribution in [0.4, 0.5) is 0 Å². The van der Waals surface area contributed by atoms with E-state index in [1.165, 1.54) is 36.1 Å². The standard InChI is InChI=1S/C72H101N13O13S/c1-43(2)37-55(79-66(92)56(40-48-21-13-9-14-22-48)81-67(93)57(41-49-23-15-10-16-24-49)82-69(95)60-26-18-35-85(60)71(97)52(74)39-47-19-11-8-12-20-47)65(91)77-54(31-32-61(75)88)64(90)80-58(42-50-27-29-51(87)30-28-50)68(94)84-62(45(5)6)70(96)78-53(25-17-33-73)63(89)83-59(38-44(3)4)72(98)99-36-34-76-46(7)86/h8-16,19-24,27-30,43-45,52-60,62,87H,17-18,25-26,31-42,73-74H2,1-7H3,(H2,75,88)(H,76,86)(H,77,91)(H,78,96)(H,79,92)(H,80,90)(H,81,93)(H,82,95)(H,83,89)(H,84,94)/t52-,53+,54+,55+,56-,57+,58+,59+,60+,62+/m1/s1. The first-order valence-electron chi connectivity index (χ1n) is 33.9. The van der Waals surface area contributed by atoms with Crippen LogP contribution in [0.3, 0.4) is 0 Å². The molecule has 0 aromatic heterocycles. The third-order valence-corrected chi connectivity index (χ3v) is 17.5. The van der Waals surface area contributed by atoms with Gasteiger partial charge >= 0.3 is 0 Å². The fraction of sp³-hybridized carbons (Fsp3) is 0.500. The van der Waals surface area contributed by atoms with Crippen molar-refractivity contribution in [3.63, 3.8) is 0 Å². The van der Waals surface area contributed by atoms with Crippen molar-refractivity contribution in [1.29, 1.82) is 0 Å². The normalized spacial score (nSPS) is 15.5. The highest BCUT2D eigenvalue weighted by Crippen LogP contribution is 2.22. The molecule has 1 aliphatic rings. The highest BCUT2D eigenvalue weighted by molar-refractivity contribution is 8.13. The summed E-state index contributed by atoms with van der Waals surface area (Å²) < 4.78 is 0. The topological polar surface area (TPSA) is 415 Å². The number of amides is 11. The van der Waals surface area contributed by atoms with E-state index < -0.39 is 132 Å². The molecule has 26 nitrogen and oxygen atoms in total. The van der Waals surface area contributed by atoms with Gasteiger partial charge in [0.1, 0.15) is 54.1 Å². The maximum absolute atomic E-state index is 14.9. The first-order chi connectivity index (χ1) is 47.1. The Morgan fingerprint density at radius 1 is 0.525 bits per heavy atom. The molecule has 11 amide bonds. The van der Waals surface area contributed by atoms with Gasteiger partial charge < -0.3 is 75.1 Å². The third kappa shape index (κ3) is 27.9. The van der Waals surface area contributed by atoms with Gasteiger partial charge in [-0.1, -0.05) is 156 Å². The van der Waals surface area contributed by atoms with Gasteiger partial charge in [0.25, 0.3) is 0 Å². The Bertz CT molecular complexity index is 3330. The molecular weight excluding hydrogens is 1290 g/mol. The maximum Gasteiger partial charge on any atom is 0.243 e. The lowest BCUT2D eigenvalue weighted by Gasteiger charge is -2.30. The molecule has 0 radical (unpaired) electrons. The average molecular weight is 1390 g/mol. The summed E-state index contributed by atoms with van der Waals surface area (Å²) in [7, 11) is 0. The zero-order valence-corrected chi connectivity index (χ0v) is 58.5. The maximum atomic E-state index is 14.9. The van der Waals surface area contributed by atoms with Crippen LogP contribution in [0.1, 0.15) is 122 Å². The van der Waals surface area contributed by atoms with Crippen LogP contribution < -0.4 is 65.1 Å². The predicted molar refractivity (Wildman–Crippen MR) is 377 cm³/mol. The van der Waals surface area contributed by atoms with Crippen molar-refractivity contribution in [1.82, 2.24) is 52.8 Å². The van der Waals surface area contributed by atoms with E-state index in [0.717, 1.165) is 17.3 Å². The number of carbonyl (C=O) groups is 12. The second-order valence-corrected chi connectivity index (χ2v) is 27.3. The zero-order chi connectivity index (χ0) is 72.7. The molecule has 0 aliphatic carbocycles. The van der Waals surface area contributed by atoms with Crippen LogP contribution in [0.2, 0.25) is 0 Å². The quantitative estimate of drug-likeness (QED) is 0.0283. The molecule has 0 unspecified atom stereocenters. The smallest absolute Gasteiger partial charge is 0.243 e. The Hall–Kier alpha value is -9.21. The third-order valence-electron chi connectivity index (χ3n) is 16.6. The minimum absolute atomic E-state index is 0.0118. The van der Waals surface area contributed by atoms with Crippen LogP contribution in [-0.2, 0) is 83.2 Å². The summed E-state index contributed by atoms with van der Waals surface area (Å²) in [4.78, 5) is 169. The van der Waals surface area contributed by atoms with Gasteiger partial charge in [-0.3, -0.25) is 57.5 Å². The van der Waals surface area contributed by atoms with Gasteiger partial charge in [-0.05, 0) is 110 Å². The van der Waals surface area contributed by atoms with E-state index in [2.05, 4.69) is 47.9 Å². The van der Waals surface area contributed by atoms with Crippen molar-refractivity contribution in [3.8, 4) is 5.75 Å². The van der Waals surface area contributed by atoms with Crippen molar-refractivity contribution in [3.05, 3.63) is 138 Å². The first-order valence-corrected chi connectivity index (χ1v) is 34.9. The molecule has 1 saturated heterocycles. The van der Waals surface area contributed by atoms with E-state index in [-0.39, 0.29) is 112 Å². The lowest BCUT2D eigenvalue weighted by atomic mass is 9.99. The number of hydrogen-bond acceptors (Lipinski definition) is 16. The Balaban J connectivity index is 1.39. The highest BCUT2D eigenvalue weighted by atomic mass is 32.2. The number of carbonyl (C=O) groups excluding carboxylic acids is 12. The number of nitrogens with one attached hydrogen (secondary N) is 9. The molecule has 5 rings (SSSR count). The summed E-state index contributed by atoms with van der Waals surface area (Å²) in [6.07, 6.45) is 0.503. The highest BCUT2D eigenvalue weighted by Gasteiger charge is 2.40. The lowest BCUT2D eigenvalue weighted by Crippen LogP contribution is -2.61. The lowest BCUT2D eigenvalue weighted by molar-refractivity contribution is -0.140. The van der Waals surface area contributed by atoms with E-state index in [0.29, 0.717) is 29.5 Å². The van der Waals surface area contributed by atoms with E-state index in [1.807, 2.05) is 44.2 Å². The number of nitrogens with two attached hydrogens (primary N) is 3. The second-order valence-electron chi connectivity index (χ2n) is 26.2. The van der Waals surface area contributed by atoms with Gasteiger partial charge in [0, 0.05) is 51.4 Å². The molecule has 0 saturated carbocycles. The fourth-order valence-corrected chi connectivity index (χ4v) is 12.1. The molecule has 0 bridgehead atoms. The number of rotatable bonds is 40. The summed E-state index contributed by atoms with van der Waals surface area (Å²) in [5.74, 6) is -8.64. The van der Waals surface area contributed by atoms with Crippen LogP contribution in [0.5, 0.6) is 5.75 Å². The van der Waals surface area contributed by atoms with Crippen LogP contribution in [0.15, 0.2) is 115 Å². The monoisotopic (exact) mass is 1390 g/mol. The molecule has 10 atom stereocenters. The van der Waals surface area contributed by atoms with Gasteiger partial charge in [-0.25, -0.2) is 0 Å². The molecule has 0 spiro atoms. The van der Waals surface area contributed by atoms with Gasteiger partial charge in [0.05, 0.1) is 12.1 Å². The van der Waals surface area contributed by atoms with Crippen molar-refractivity contribution in [2.45, 2.75) is 186 Å². The SMILES string of the molecule is CC(=O)NCCSC(=O)[C@H](CC(C)C)NC(=O)[C@H](CCCN)NC(=O)[C@@H](NC(=O)[C@H](Cc1ccc(O)cc1)NC(=O)[C@H](CCC(N)=O)NC(=O)[C@H](CC(C)C)NC(=O)[C@@H](Cc1ccccc1)NC(=O)[C@H](Cc1ccccc1)NC(=O)[C@@H]1CCCN1C(=O)[C@H](N)Cc1ccccc1)C(C)C. The van der Waals surface area contributed by atoms with Crippen molar-refractivity contribution >= 4 is 81.9 Å². The summed E-state index contributed by atoms with van der Waals surface area (Å²) >= 11 is 0.947. The molecule has 16 N–H and O–H groups in total. The van der Waals surface area contributed by atoms with Gasteiger partial charge in [-0.15, -0.1) is 0 Å². The molecule has 4 aromatic rings. The summed E-state index contributed by atoms with van der Waals surface area (Å²) in [6, 6.07) is 20.1. The predicted octanol–water partition coefficient (Wildman–Crippen LogP) is 2.01. The molecule has 1 aliphatic heterocycles. The molecule has 1 fully saturated rings. The number of phenols is 1. The van der Waals surface area contributed by atoms with E-state index in [1.54, 1.807) is 88.4 Å². The first kappa shape index (κ1) is 80.5. The van der Waals surface area contributed by atoms with Crippen molar-refractivity contribution in [2.24, 2.45) is 35.0 Å². The molecule has 4 aromatic carbocycles. The number of benzene rings is 4. The number of likely N-dealkylation sites (tertiary alicyclic amines) is 1. The molecule has 99 heavy (non-hydrogen) atoms. The molecule has 1 heterocycles. The second kappa shape index (κ2) is 41.3. The van der Waals surface area contributed by atoms with Crippen molar-refractivity contribution in [2.75, 3.05) is 25.4 Å². The largest absolute Gasteiger partial charge is 0.508 e. The van der Waals surface area contributed by atoms with Crippen LogP contribution >= 0.6 is 11.8 Å². The summed E-state index contributed by atoms with van der Waals surface area (Å²) in [5.41, 5.74) is 20.5. The van der Waals surface area contributed by atoms with Gasteiger partial charge in [-0.2, -0.15) is 0 Å². The number of aromatic hydroxyl groups is 1. The van der Waals surface area contributed by atoms with Crippen molar-refractivity contribution < 1.29 is 62.6 Å². The van der Waals surface area contributed by atoms with E-state index in [9.17, 15) is 62.6 Å². The fourth-order valence-electron chi connectivity index (χ4n) is 11.4.